The monoisotopic (exact) mass is 212 g/mol. The maximum absolute atomic E-state index is 6.04. The Morgan fingerprint density at radius 3 is 2.07 bits per heavy atom. The lowest BCUT2D eigenvalue weighted by molar-refractivity contribution is -0.313. The lowest BCUT2D eigenvalue weighted by Crippen LogP contribution is -2.50. The Morgan fingerprint density at radius 2 is 1.47 bits per heavy atom. The first-order chi connectivity index (χ1) is 7.33. The van der Waals surface area contributed by atoms with Crippen molar-refractivity contribution in [3.63, 3.8) is 0 Å². The minimum atomic E-state index is -0.216. The maximum Gasteiger partial charge on any atom is 0.168 e. The highest BCUT2D eigenvalue weighted by molar-refractivity contribution is 4.89. The zero-order valence-electron chi connectivity index (χ0n) is 9.30. The largest absolute Gasteiger partial charge is 0.381 e. The first-order valence-corrected chi connectivity index (χ1v) is 6.18. The Bertz CT molecular complexity index is 215. The van der Waals surface area contributed by atoms with E-state index in [0.717, 1.165) is 45.7 Å². The van der Waals surface area contributed by atoms with E-state index < -0.39 is 0 Å². The molecule has 86 valence electrons. The lowest BCUT2D eigenvalue weighted by Gasteiger charge is -2.46. The van der Waals surface area contributed by atoms with Crippen molar-refractivity contribution >= 4 is 0 Å². The smallest absolute Gasteiger partial charge is 0.168 e. The molecular weight excluding hydrogens is 192 g/mol. The van der Waals surface area contributed by atoms with Gasteiger partial charge < -0.3 is 14.2 Å². The van der Waals surface area contributed by atoms with Crippen LogP contribution in [0.25, 0.3) is 0 Å². The van der Waals surface area contributed by atoms with E-state index in [0.29, 0.717) is 0 Å². The van der Waals surface area contributed by atoms with Crippen LogP contribution in [0, 0.1) is 5.41 Å². The fourth-order valence-electron chi connectivity index (χ4n) is 2.91. The van der Waals surface area contributed by atoms with Gasteiger partial charge in [0.2, 0.25) is 0 Å². The minimum Gasteiger partial charge on any atom is -0.381 e. The average Bonchev–Trinajstić information content (AvgIpc) is 2.74. The van der Waals surface area contributed by atoms with Crippen LogP contribution in [0.3, 0.4) is 0 Å². The second kappa shape index (κ2) is 3.72. The lowest BCUT2D eigenvalue weighted by atomic mass is 9.86. The average molecular weight is 212 g/mol. The third-order valence-electron chi connectivity index (χ3n) is 4.08. The van der Waals surface area contributed by atoms with Gasteiger partial charge in [-0.3, -0.25) is 0 Å². The number of hydrogen-bond acceptors (Lipinski definition) is 3. The molecule has 0 amide bonds. The van der Waals surface area contributed by atoms with Crippen molar-refractivity contribution < 1.29 is 14.2 Å². The van der Waals surface area contributed by atoms with Crippen LogP contribution < -0.4 is 0 Å². The molecule has 0 N–H and O–H groups in total. The first-order valence-electron chi connectivity index (χ1n) is 6.18. The molecule has 0 aromatic rings. The first kappa shape index (κ1) is 10.1. The molecule has 3 heteroatoms. The summed E-state index contributed by atoms with van der Waals surface area (Å²) in [6.45, 7) is 3.38. The van der Waals surface area contributed by atoms with Crippen LogP contribution in [0.2, 0.25) is 0 Å². The Hall–Kier alpha value is -0.120. The van der Waals surface area contributed by atoms with Gasteiger partial charge in [-0.15, -0.1) is 0 Å². The molecule has 2 heterocycles. The molecule has 1 aliphatic carbocycles. The minimum absolute atomic E-state index is 0.183. The summed E-state index contributed by atoms with van der Waals surface area (Å²) in [7, 11) is 0. The van der Waals surface area contributed by atoms with E-state index in [2.05, 4.69) is 0 Å². The third kappa shape index (κ3) is 1.81. The van der Waals surface area contributed by atoms with Gasteiger partial charge in [-0.2, -0.15) is 0 Å². The van der Waals surface area contributed by atoms with Gasteiger partial charge in [-0.25, -0.2) is 0 Å². The van der Waals surface area contributed by atoms with E-state index in [1.807, 2.05) is 0 Å². The molecule has 3 fully saturated rings. The molecule has 2 saturated heterocycles. The van der Waals surface area contributed by atoms with Crippen molar-refractivity contribution in [3.05, 3.63) is 0 Å². The van der Waals surface area contributed by atoms with Gasteiger partial charge in [0.15, 0.2) is 5.79 Å². The van der Waals surface area contributed by atoms with Gasteiger partial charge in [-0.1, -0.05) is 6.42 Å². The van der Waals surface area contributed by atoms with Gasteiger partial charge in [0.25, 0.3) is 0 Å². The third-order valence-corrected chi connectivity index (χ3v) is 4.08. The van der Waals surface area contributed by atoms with Crippen LogP contribution in [-0.4, -0.2) is 32.2 Å². The van der Waals surface area contributed by atoms with E-state index in [4.69, 9.17) is 14.2 Å². The fraction of sp³-hybridized carbons (Fsp3) is 1.00. The van der Waals surface area contributed by atoms with E-state index in [1.54, 1.807) is 0 Å². The van der Waals surface area contributed by atoms with Gasteiger partial charge >= 0.3 is 0 Å². The van der Waals surface area contributed by atoms with E-state index in [-0.39, 0.29) is 11.2 Å². The number of rotatable bonds is 0. The van der Waals surface area contributed by atoms with Crippen LogP contribution in [-0.2, 0) is 14.2 Å². The van der Waals surface area contributed by atoms with Crippen molar-refractivity contribution in [1.29, 1.82) is 0 Å². The van der Waals surface area contributed by atoms with E-state index >= 15 is 0 Å². The van der Waals surface area contributed by atoms with Gasteiger partial charge in [0, 0.05) is 24.9 Å². The summed E-state index contributed by atoms with van der Waals surface area (Å²) >= 11 is 0. The maximum atomic E-state index is 6.04. The van der Waals surface area contributed by atoms with Crippen LogP contribution in [0.1, 0.15) is 38.5 Å². The predicted molar refractivity (Wildman–Crippen MR) is 55.6 cm³/mol. The Kier molecular flexibility index (Phi) is 2.49. The van der Waals surface area contributed by atoms with Gasteiger partial charge in [0.1, 0.15) is 0 Å². The Morgan fingerprint density at radius 1 is 0.733 bits per heavy atom. The molecule has 2 spiro atoms. The molecule has 0 aromatic carbocycles. The van der Waals surface area contributed by atoms with Gasteiger partial charge in [-0.05, 0) is 19.3 Å². The summed E-state index contributed by atoms with van der Waals surface area (Å²) in [5.74, 6) is -0.216. The van der Waals surface area contributed by atoms with Crippen LogP contribution in [0.4, 0.5) is 0 Å². The summed E-state index contributed by atoms with van der Waals surface area (Å²) in [6.07, 6.45) is 7.12. The van der Waals surface area contributed by atoms with Crippen molar-refractivity contribution in [2.45, 2.75) is 44.3 Å². The second-order valence-corrected chi connectivity index (χ2v) is 5.35. The zero-order valence-corrected chi connectivity index (χ0v) is 9.30. The molecule has 0 bridgehead atoms. The molecule has 0 atom stereocenters. The van der Waals surface area contributed by atoms with Crippen molar-refractivity contribution in [2.24, 2.45) is 5.41 Å². The molecule has 3 rings (SSSR count). The molecule has 3 nitrogen and oxygen atoms in total. The van der Waals surface area contributed by atoms with E-state index in [9.17, 15) is 0 Å². The Balaban J connectivity index is 1.63. The van der Waals surface area contributed by atoms with Crippen LogP contribution in [0.15, 0.2) is 0 Å². The zero-order chi connectivity index (χ0) is 10.2. The normalized spacial score (nSPS) is 33.6. The molecule has 0 radical (unpaired) electrons. The van der Waals surface area contributed by atoms with Crippen molar-refractivity contribution in [1.82, 2.24) is 0 Å². The second-order valence-electron chi connectivity index (χ2n) is 5.35. The molecule has 3 aliphatic rings. The van der Waals surface area contributed by atoms with Gasteiger partial charge in [0.05, 0.1) is 19.8 Å². The Labute approximate surface area is 91.1 Å². The summed E-state index contributed by atoms with van der Waals surface area (Å²) in [4.78, 5) is 0. The topological polar surface area (TPSA) is 27.7 Å². The highest BCUT2D eigenvalue weighted by Gasteiger charge is 2.46. The van der Waals surface area contributed by atoms with Crippen molar-refractivity contribution in [2.75, 3.05) is 26.4 Å². The van der Waals surface area contributed by atoms with Crippen molar-refractivity contribution in [3.8, 4) is 0 Å². The summed E-state index contributed by atoms with van der Waals surface area (Å²) in [6, 6.07) is 0. The van der Waals surface area contributed by atoms with E-state index in [1.165, 1.54) is 19.3 Å². The summed E-state index contributed by atoms with van der Waals surface area (Å²) in [5, 5.41) is 0. The standard InChI is InChI=1S/C12H20O3/c1-2-4-12(5-3-1)14-9-11(10-15-12)6-7-13-8-11/h1-10H2. The molecule has 0 aromatic heterocycles. The van der Waals surface area contributed by atoms with Crippen LogP contribution >= 0.6 is 0 Å². The number of ether oxygens (including phenoxy) is 3. The predicted octanol–water partition coefficient (Wildman–Crippen LogP) is 2.10. The molecular formula is C12H20O3. The summed E-state index contributed by atoms with van der Waals surface area (Å²) in [5.41, 5.74) is 0.183. The van der Waals surface area contributed by atoms with Crippen LogP contribution in [0.5, 0.6) is 0 Å². The molecule has 2 aliphatic heterocycles. The highest BCUT2D eigenvalue weighted by Crippen LogP contribution is 2.42. The SMILES string of the molecule is C1CCC2(CC1)OCC1(CCOC1)CO2. The number of hydrogen-bond donors (Lipinski definition) is 0. The quantitative estimate of drug-likeness (QED) is 0.615. The molecule has 15 heavy (non-hydrogen) atoms. The fourth-order valence-corrected chi connectivity index (χ4v) is 2.91. The molecule has 1 saturated carbocycles. The summed E-state index contributed by atoms with van der Waals surface area (Å²) < 4.78 is 17.5. The molecule has 0 unspecified atom stereocenters. The highest BCUT2D eigenvalue weighted by atomic mass is 16.7.